The van der Waals surface area contributed by atoms with Gasteiger partial charge >= 0.3 is 12.1 Å². The van der Waals surface area contributed by atoms with Crippen LogP contribution in [0, 0.1) is 11.8 Å². The summed E-state index contributed by atoms with van der Waals surface area (Å²) in [7, 11) is 0. The van der Waals surface area contributed by atoms with E-state index in [0.717, 1.165) is 22.3 Å². The number of rotatable bonds is 8. The van der Waals surface area contributed by atoms with E-state index in [1.165, 1.54) is 6.92 Å². The molecule has 174 valence electrons. The Morgan fingerprint density at radius 1 is 1.06 bits per heavy atom. The molecule has 0 aromatic heterocycles. The van der Waals surface area contributed by atoms with Gasteiger partial charge in [0.1, 0.15) is 12.5 Å². The SMILES string of the molecule is C[C@H](CC(=O)O)NC(=O)C1C(CNC(=O)OCC2c3ccccc3-c3ccccc32)C1(F)F. The van der Waals surface area contributed by atoms with Gasteiger partial charge in [-0.25, -0.2) is 13.6 Å². The Kier molecular flexibility index (Phi) is 6.05. The summed E-state index contributed by atoms with van der Waals surface area (Å²) in [4.78, 5) is 35.0. The second-order valence-electron chi connectivity index (χ2n) is 8.47. The third-order valence-corrected chi connectivity index (χ3v) is 6.16. The fourth-order valence-electron chi connectivity index (χ4n) is 4.49. The van der Waals surface area contributed by atoms with Crippen LogP contribution < -0.4 is 10.6 Å². The van der Waals surface area contributed by atoms with Crippen LogP contribution in [0.15, 0.2) is 48.5 Å². The molecule has 0 saturated heterocycles. The van der Waals surface area contributed by atoms with Gasteiger partial charge in [-0.1, -0.05) is 48.5 Å². The highest BCUT2D eigenvalue weighted by molar-refractivity contribution is 5.84. The third kappa shape index (κ3) is 4.53. The van der Waals surface area contributed by atoms with Crippen LogP contribution in [-0.2, 0) is 14.3 Å². The quantitative estimate of drug-likeness (QED) is 0.563. The van der Waals surface area contributed by atoms with Gasteiger partial charge in [-0.2, -0.15) is 0 Å². The molecular formula is C24H24F2N2O5. The van der Waals surface area contributed by atoms with Crippen molar-refractivity contribution in [3.8, 4) is 11.1 Å². The van der Waals surface area contributed by atoms with Crippen molar-refractivity contribution in [2.45, 2.75) is 31.2 Å². The van der Waals surface area contributed by atoms with Crippen LogP contribution in [-0.4, -0.2) is 48.2 Å². The van der Waals surface area contributed by atoms with Gasteiger partial charge in [-0.05, 0) is 29.2 Å². The molecule has 1 fully saturated rings. The first-order chi connectivity index (χ1) is 15.7. The number of fused-ring (bicyclic) bond motifs is 3. The number of ether oxygens (including phenoxy) is 1. The van der Waals surface area contributed by atoms with Crippen molar-refractivity contribution < 1.29 is 33.0 Å². The number of alkyl halides is 2. The number of benzene rings is 2. The molecular weight excluding hydrogens is 434 g/mol. The summed E-state index contributed by atoms with van der Waals surface area (Å²) >= 11 is 0. The molecule has 0 spiro atoms. The standard InChI is InChI=1S/C24H24F2N2O5/c1-13(10-20(29)30)28-22(31)21-19(24(21,25)26)11-27-23(32)33-12-18-16-8-4-2-6-14(16)15-7-3-5-9-17(15)18/h2-9,13,18-19,21H,10-12H2,1H3,(H,27,32)(H,28,31)(H,29,30)/t13-,19?,21?/m1/s1. The molecule has 0 bridgehead atoms. The van der Waals surface area contributed by atoms with Gasteiger partial charge in [0, 0.05) is 18.5 Å². The second kappa shape index (κ2) is 8.80. The van der Waals surface area contributed by atoms with E-state index >= 15 is 0 Å². The Hall–Kier alpha value is -3.49. The highest BCUT2D eigenvalue weighted by Crippen LogP contribution is 2.55. The van der Waals surface area contributed by atoms with Gasteiger partial charge in [-0.15, -0.1) is 0 Å². The lowest BCUT2D eigenvalue weighted by Crippen LogP contribution is -2.36. The number of nitrogens with one attached hydrogen (secondary N) is 2. The van der Waals surface area contributed by atoms with Gasteiger partial charge in [0.25, 0.3) is 5.92 Å². The molecule has 7 nitrogen and oxygen atoms in total. The van der Waals surface area contributed by atoms with Crippen molar-refractivity contribution in [3.63, 3.8) is 0 Å². The minimum Gasteiger partial charge on any atom is -0.481 e. The summed E-state index contributed by atoms with van der Waals surface area (Å²) in [5.41, 5.74) is 4.22. The van der Waals surface area contributed by atoms with Crippen LogP contribution in [0.5, 0.6) is 0 Å². The Morgan fingerprint density at radius 3 is 2.21 bits per heavy atom. The predicted molar refractivity (Wildman–Crippen MR) is 115 cm³/mol. The van der Waals surface area contributed by atoms with E-state index in [0.29, 0.717) is 0 Å². The van der Waals surface area contributed by atoms with Crippen LogP contribution in [0.2, 0.25) is 0 Å². The normalized spacial score (nSPS) is 20.8. The van der Waals surface area contributed by atoms with Crippen LogP contribution >= 0.6 is 0 Å². The maximum atomic E-state index is 14.1. The zero-order chi connectivity index (χ0) is 23.8. The van der Waals surface area contributed by atoms with E-state index in [2.05, 4.69) is 10.6 Å². The minimum absolute atomic E-state index is 0.0531. The predicted octanol–water partition coefficient (Wildman–Crippen LogP) is 3.39. The molecule has 2 aliphatic rings. The van der Waals surface area contributed by atoms with E-state index < -0.39 is 48.3 Å². The molecule has 2 unspecified atom stereocenters. The fourth-order valence-corrected chi connectivity index (χ4v) is 4.49. The highest BCUT2D eigenvalue weighted by Gasteiger charge is 2.71. The number of hydrogen-bond acceptors (Lipinski definition) is 4. The highest BCUT2D eigenvalue weighted by atomic mass is 19.3. The first-order valence-electron chi connectivity index (χ1n) is 10.7. The van der Waals surface area contributed by atoms with Crippen molar-refractivity contribution in [3.05, 3.63) is 59.7 Å². The lowest BCUT2D eigenvalue weighted by atomic mass is 9.98. The molecule has 2 amide bonds. The summed E-state index contributed by atoms with van der Waals surface area (Å²) in [5.74, 6) is -8.46. The van der Waals surface area contributed by atoms with Gasteiger partial charge in [0.2, 0.25) is 5.91 Å². The molecule has 0 heterocycles. The monoisotopic (exact) mass is 458 g/mol. The second-order valence-corrected chi connectivity index (χ2v) is 8.47. The molecule has 2 aromatic rings. The number of halogens is 2. The lowest BCUT2D eigenvalue weighted by Gasteiger charge is -2.14. The number of alkyl carbamates (subject to hydrolysis) is 1. The van der Waals surface area contributed by atoms with Gasteiger partial charge in [-0.3, -0.25) is 9.59 Å². The smallest absolute Gasteiger partial charge is 0.407 e. The van der Waals surface area contributed by atoms with Crippen molar-refractivity contribution in [2.24, 2.45) is 11.8 Å². The molecule has 0 radical (unpaired) electrons. The Balaban J connectivity index is 1.30. The van der Waals surface area contributed by atoms with Crippen LogP contribution in [0.3, 0.4) is 0 Å². The third-order valence-electron chi connectivity index (χ3n) is 6.16. The zero-order valence-corrected chi connectivity index (χ0v) is 17.9. The van der Waals surface area contributed by atoms with Crippen molar-refractivity contribution in [1.29, 1.82) is 0 Å². The van der Waals surface area contributed by atoms with Crippen molar-refractivity contribution >= 4 is 18.0 Å². The lowest BCUT2D eigenvalue weighted by molar-refractivity contribution is -0.137. The maximum absolute atomic E-state index is 14.1. The average molecular weight is 458 g/mol. The van der Waals surface area contributed by atoms with Gasteiger partial charge in [0.15, 0.2) is 0 Å². The number of carbonyl (C=O) groups is 3. The first kappa shape index (κ1) is 22.7. The van der Waals surface area contributed by atoms with Gasteiger partial charge in [0.05, 0.1) is 12.3 Å². The maximum Gasteiger partial charge on any atom is 0.407 e. The summed E-state index contributed by atoms with van der Waals surface area (Å²) in [6.45, 7) is 1.06. The number of hydrogen-bond donors (Lipinski definition) is 3. The molecule has 9 heteroatoms. The Morgan fingerprint density at radius 2 is 1.64 bits per heavy atom. The molecule has 0 aliphatic heterocycles. The van der Waals surface area contributed by atoms with E-state index in [1.54, 1.807) is 0 Å². The van der Waals surface area contributed by atoms with E-state index in [9.17, 15) is 23.2 Å². The average Bonchev–Trinajstić information content (AvgIpc) is 3.17. The molecule has 1 saturated carbocycles. The van der Waals surface area contributed by atoms with Crippen LogP contribution in [0.25, 0.3) is 11.1 Å². The van der Waals surface area contributed by atoms with Crippen LogP contribution in [0.1, 0.15) is 30.4 Å². The molecule has 3 N–H and O–H groups in total. The number of carbonyl (C=O) groups excluding carboxylic acids is 2. The number of carboxylic acids is 1. The fraction of sp³-hybridized carbons (Fsp3) is 0.375. The summed E-state index contributed by atoms with van der Waals surface area (Å²) in [6, 6.07) is 14.9. The summed E-state index contributed by atoms with van der Waals surface area (Å²) in [5, 5.41) is 13.3. The van der Waals surface area contributed by atoms with Crippen molar-refractivity contribution in [2.75, 3.05) is 13.2 Å². The van der Waals surface area contributed by atoms with E-state index in [4.69, 9.17) is 9.84 Å². The Labute approximate surface area is 189 Å². The number of amides is 2. The van der Waals surface area contributed by atoms with Crippen LogP contribution in [0.4, 0.5) is 13.6 Å². The van der Waals surface area contributed by atoms with Crippen molar-refractivity contribution in [1.82, 2.24) is 10.6 Å². The van der Waals surface area contributed by atoms with Gasteiger partial charge < -0.3 is 20.5 Å². The Bertz CT molecular complexity index is 1040. The molecule has 2 aromatic carbocycles. The molecule has 4 rings (SSSR count). The van der Waals surface area contributed by atoms with E-state index in [1.807, 2.05) is 48.5 Å². The zero-order valence-electron chi connectivity index (χ0n) is 17.9. The topological polar surface area (TPSA) is 105 Å². The molecule has 3 atom stereocenters. The number of aliphatic carboxylic acids is 1. The largest absolute Gasteiger partial charge is 0.481 e. The summed E-state index contributed by atoms with van der Waals surface area (Å²) in [6.07, 6.45) is -1.20. The first-order valence-corrected chi connectivity index (χ1v) is 10.7. The molecule has 33 heavy (non-hydrogen) atoms. The minimum atomic E-state index is -3.27. The number of carboxylic acid groups (broad SMARTS) is 1. The van der Waals surface area contributed by atoms with E-state index in [-0.39, 0.29) is 18.9 Å². The molecule has 2 aliphatic carbocycles. The summed E-state index contributed by atoms with van der Waals surface area (Å²) < 4.78 is 33.5.